The summed E-state index contributed by atoms with van der Waals surface area (Å²) >= 11 is 2.08. The summed E-state index contributed by atoms with van der Waals surface area (Å²) in [4.78, 5) is 4.27. The van der Waals surface area contributed by atoms with Crippen molar-refractivity contribution in [2.24, 2.45) is 0 Å². The first-order chi connectivity index (χ1) is 8.74. The molecule has 100 valence electrons. The van der Waals surface area contributed by atoms with E-state index in [1.165, 1.54) is 36.1 Å². The van der Waals surface area contributed by atoms with E-state index in [-0.39, 0.29) is 0 Å². The zero-order chi connectivity index (χ0) is 13.0. The van der Waals surface area contributed by atoms with E-state index in [0.717, 1.165) is 6.54 Å². The van der Waals surface area contributed by atoms with Gasteiger partial charge in [-0.1, -0.05) is 13.3 Å². The number of aromatic nitrogens is 1. The van der Waals surface area contributed by atoms with Crippen LogP contribution in [-0.4, -0.2) is 22.5 Å². The maximum absolute atomic E-state index is 6.10. The number of nitrogens with two attached hydrogens (primary N) is 1. The summed E-state index contributed by atoms with van der Waals surface area (Å²) in [6.45, 7) is 5.25. The quantitative estimate of drug-likeness (QED) is 0.879. The maximum Gasteiger partial charge on any atom is 0.128 e. The van der Waals surface area contributed by atoms with Crippen molar-refractivity contribution in [1.82, 2.24) is 10.3 Å². The molecule has 3 N–H and O–H groups in total. The lowest BCUT2D eigenvalue weighted by molar-refractivity contribution is 0.490. The maximum atomic E-state index is 6.10. The molecule has 4 heteroatoms. The molecule has 18 heavy (non-hydrogen) atoms. The molecule has 1 aromatic rings. The van der Waals surface area contributed by atoms with Crippen LogP contribution in [0.25, 0.3) is 0 Å². The van der Waals surface area contributed by atoms with E-state index < -0.39 is 0 Å². The van der Waals surface area contributed by atoms with Gasteiger partial charge in [0.05, 0.1) is 0 Å². The van der Waals surface area contributed by atoms with Gasteiger partial charge >= 0.3 is 0 Å². The van der Waals surface area contributed by atoms with E-state index >= 15 is 0 Å². The number of rotatable bonds is 4. The third-order valence-electron chi connectivity index (χ3n) is 3.56. The van der Waals surface area contributed by atoms with Gasteiger partial charge < -0.3 is 11.1 Å². The van der Waals surface area contributed by atoms with Crippen molar-refractivity contribution in [2.75, 3.05) is 18.0 Å². The van der Waals surface area contributed by atoms with Gasteiger partial charge in [0.1, 0.15) is 5.82 Å². The van der Waals surface area contributed by atoms with Crippen molar-refractivity contribution in [3.8, 4) is 0 Å². The second kappa shape index (κ2) is 6.43. The standard InChI is InChI=1S/C14H23N3S/c1-3-16-13(11-6-4-5-9-18-11)12-10(2)7-8-17-14(12)15/h7-8,11,13,16H,3-6,9H2,1-2H3,(H2,15,17). The van der Waals surface area contributed by atoms with E-state index in [1.54, 1.807) is 6.20 Å². The molecule has 1 fully saturated rings. The largest absolute Gasteiger partial charge is 0.383 e. The van der Waals surface area contributed by atoms with Crippen LogP contribution in [-0.2, 0) is 0 Å². The van der Waals surface area contributed by atoms with Gasteiger partial charge in [0.15, 0.2) is 0 Å². The number of hydrogen-bond donors (Lipinski definition) is 2. The van der Waals surface area contributed by atoms with E-state index in [2.05, 4.69) is 42.0 Å². The molecule has 0 bridgehead atoms. The molecule has 3 nitrogen and oxygen atoms in total. The minimum atomic E-state index is 0.342. The molecule has 2 heterocycles. The highest BCUT2D eigenvalue weighted by Gasteiger charge is 2.27. The van der Waals surface area contributed by atoms with Gasteiger partial charge in [-0.05, 0) is 43.7 Å². The Morgan fingerprint density at radius 1 is 1.56 bits per heavy atom. The summed E-state index contributed by atoms with van der Waals surface area (Å²) in [6, 6.07) is 2.40. The van der Waals surface area contributed by atoms with Gasteiger partial charge in [0.25, 0.3) is 0 Å². The Labute approximate surface area is 114 Å². The summed E-state index contributed by atoms with van der Waals surface area (Å²) in [5.74, 6) is 1.96. The van der Waals surface area contributed by atoms with Crippen molar-refractivity contribution in [2.45, 2.75) is 44.4 Å². The highest BCUT2D eigenvalue weighted by atomic mass is 32.2. The molecule has 1 aromatic heterocycles. The SMILES string of the molecule is CCNC(c1c(C)ccnc1N)C1CCCCS1. The van der Waals surface area contributed by atoms with E-state index in [4.69, 9.17) is 5.73 Å². The lowest BCUT2D eigenvalue weighted by Crippen LogP contribution is -2.33. The van der Waals surface area contributed by atoms with Crippen LogP contribution in [0.3, 0.4) is 0 Å². The molecule has 0 radical (unpaired) electrons. The number of pyridine rings is 1. The van der Waals surface area contributed by atoms with Crippen molar-refractivity contribution in [3.05, 3.63) is 23.4 Å². The molecular weight excluding hydrogens is 242 g/mol. The molecule has 2 unspecified atom stereocenters. The van der Waals surface area contributed by atoms with Crippen LogP contribution < -0.4 is 11.1 Å². The first kappa shape index (κ1) is 13.7. The molecule has 1 aliphatic heterocycles. The Kier molecular flexibility index (Phi) is 4.89. The zero-order valence-electron chi connectivity index (χ0n) is 11.3. The molecule has 0 spiro atoms. The second-order valence-corrected chi connectivity index (χ2v) is 6.21. The van der Waals surface area contributed by atoms with Crippen LogP contribution in [0.1, 0.15) is 43.4 Å². The topological polar surface area (TPSA) is 50.9 Å². The molecule has 0 saturated carbocycles. The average molecular weight is 265 g/mol. The molecule has 1 aliphatic rings. The summed E-state index contributed by atoms with van der Waals surface area (Å²) in [7, 11) is 0. The van der Waals surface area contributed by atoms with Gasteiger partial charge in [-0.2, -0.15) is 11.8 Å². The predicted octanol–water partition coefficient (Wildman–Crippen LogP) is 2.91. The van der Waals surface area contributed by atoms with Gasteiger partial charge in [-0.15, -0.1) is 0 Å². The highest BCUT2D eigenvalue weighted by molar-refractivity contribution is 8.00. The van der Waals surface area contributed by atoms with Crippen LogP contribution in [0.4, 0.5) is 5.82 Å². The monoisotopic (exact) mass is 265 g/mol. The minimum absolute atomic E-state index is 0.342. The molecule has 0 amide bonds. The number of thioether (sulfide) groups is 1. The number of hydrogen-bond acceptors (Lipinski definition) is 4. The Morgan fingerprint density at radius 3 is 3.00 bits per heavy atom. The normalized spacial score (nSPS) is 21.8. The van der Waals surface area contributed by atoms with Crippen molar-refractivity contribution in [3.63, 3.8) is 0 Å². The van der Waals surface area contributed by atoms with E-state index in [0.29, 0.717) is 17.1 Å². The smallest absolute Gasteiger partial charge is 0.128 e. The predicted molar refractivity (Wildman–Crippen MR) is 79.9 cm³/mol. The molecule has 1 saturated heterocycles. The summed E-state index contributed by atoms with van der Waals surface area (Å²) < 4.78 is 0. The van der Waals surface area contributed by atoms with Crippen LogP contribution in [0, 0.1) is 6.92 Å². The third-order valence-corrected chi connectivity index (χ3v) is 5.02. The minimum Gasteiger partial charge on any atom is -0.383 e. The lowest BCUT2D eigenvalue weighted by atomic mass is 9.96. The van der Waals surface area contributed by atoms with Crippen LogP contribution in [0.15, 0.2) is 12.3 Å². The number of nitrogen functional groups attached to an aromatic ring is 1. The zero-order valence-corrected chi connectivity index (χ0v) is 12.1. The van der Waals surface area contributed by atoms with Crippen molar-refractivity contribution in [1.29, 1.82) is 0 Å². The Morgan fingerprint density at radius 2 is 2.39 bits per heavy atom. The average Bonchev–Trinajstić information content (AvgIpc) is 2.38. The lowest BCUT2D eigenvalue weighted by Gasteiger charge is -2.32. The van der Waals surface area contributed by atoms with E-state index in [9.17, 15) is 0 Å². The molecular formula is C14H23N3S. The van der Waals surface area contributed by atoms with Crippen LogP contribution in [0.5, 0.6) is 0 Å². The molecule has 0 aliphatic carbocycles. The van der Waals surface area contributed by atoms with Crippen molar-refractivity contribution < 1.29 is 0 Å². The number of aryl methyl sites for hydroxylation is 1. The summed E-state index contributed by atoms with van der Waals surface area (Å²) in [6.07, 6.45) is 5.75. The van der Waals surface area contributed by atoms with Gasteiger partial charge in [-0.3, -0.25) is 0 Å². The number of nitrogens with one attached hydrogen (secondary N) is 1. The van der Waals surface area contributed by atoms with Crippen LogP contribution >= 0.6 is 11.8 Å². The van der Waals surface area contributed by atoms with Gasteiger partial charge in [-0.25, -0.2) is 4.98 Å². The summed E-state index contributed by atoms with van der Waals surface area (Å²) in [5, 5.41) is 4.24. The van der Waals surface area contributed by atoms with Crippen molar-refractivity contribution >= 4 is 17.6 Å². The van der Waals surface area contributed by atoms with Gasteiger partial charge in [0.2, 0.25) is 0 Å². The molecule has 2 atom stereocenters. The Bertz CT molecular complexity index is 368. The third kappa shape index (κ3) is 2.98. The summed E-state index contributed by atoms with van der Waals surface area (Å²) in [5.41, 5.74) is 8.56. The fourth-order valence-corrected chi connectivity index (χ4v) is 4.09. The number of nitrogens with zero attached hydrogens (tertiary/aromatic N) is 1. The molecule has 2 rings (SSSR count). The number of anilines is 1. The molecule has 0 aromatic carbocycles. The van der Waals surface area contributed by atoms with E-state index in [1.807, 2.05) is 0 Å². The van der Waals surface area contributed by atoms with Crippen LogP contribution in [0.2, 0.25) is 0 Å². The fourth-order valence-electron chi connectivity index (χ4n) is 2.66. The Hall–Kier alpha value is -0.740. The fraction of sp³-hybridized carbons (Fsp3) is 0.643. The first-order valence-corrected chi connectivity index (χ1v) is 7.85. The highest BCUT2D eigenvalue weighted by Crippen LogP contribution is 2.37. The second-order valence-electron chi connectivity index (χ2n) is 4.87. The Balaban J connectivity index is 2.28. The van der Waals surface area contributed by atoms with Gasteiger partial charge in [0, 0.05) is 23.1 Å². The first-order valence-electron chi connectivity index (χ1n) is 6.80.